The number of aromatic amines is 1. The molecule has 0 radical (unpaired) electrons. The number of fused-ring (bicyclic) bond motifs is 2. The first-order chi connectivity index (χ1) is 15.8. The van der Waals surface area contributed by atoms with Crippen LogP contribution in [0.15, 0.2) is 44.3 Å². The molecule has 172 valence electrons. The summed E-state index contributed by atoms with van der Waals surface area (Å²) in [6, 6.07) is 8.87. The van der Waals surface area contributed by atoms with Crippen LogP contribution in [0.5, 0.6) is 11.5 Å². The predicted octanol–water partition coefficient (Wildman–Crippen LogP) is 3.69. The van der Waals surface area contributed by atoms with E-state index in [1.54, 1.807) is 19.2 Å². The van der Waals surface area contributed by atoms with Crippen molar-refractivity contribution in [3.8, 4) is 11.5 Å². The highest BCUT2D eigenvalue weighted by atomic mass is 16.5. The molecule has 8 nitrogen and oxygen atoms in total. The van der Waals surface area contributed by atoms with Crippen molar-refractivity contribution in [3.63, 3.8) is 0 Å². The van der Waals surface area contributed by atoms with E-state index < -0.39 is 0 Å². The standard InChI is InChI=1S/C25H27N3O5/c1-6-28(12-16-9-23(29)33-24-15(3)14(2)7-8-17(16)24)13-22-26-19-11-21(32-5)20(31-4)10-18(19)25(30)27-22/h7-11H,6,12-13H2,1-5H3,(H,26,27,30). The number of nitrogens with zero attached hydrogens (tertiary/aromatic N) is 2. The van der Waals surface area contributed by atoms with E-state index in [1.807, 2.05) is 32.9 Å². The monoisotopic (exact) mass is 449 g/mol. The van der Waals surface area contributed by atoms with E-state index in [4.69, 9.17) is 13.9 Å². The Bertz CT molecular complexity index is 1450. The molecule has 0 aliphatic carbocycles. The molecule has 0 unspecified atom stereocenters. The van der Waals surface area contributed by atoms with E-state index in [2.05, 4.69) is 14.9 Å². The van der Waals surface area contributed by atoms with Gasteiger partial charge in [-0.15, -0.1) is 0 Å². The Labute approximate surface area is 190 Å². The second-order valence-electron chi connectivity index (χ2n) is 8.02. The lowest BCUT2D eigenvalue weighted by atomic mass is 10.0. The van der Waals surface area contributed by atoms with Gasteiger partial charge in [-0.05, 0) is 43.1 Å². The summed E-state index contributed by atoms with van der Waals surface area (Å²) in [7, 11) is 3.07. The Balaban J connectivity index is 1.70. The van der Waals surface area contributed by atoms with Crippen LogP contribution in [-0.2, 0) is 13.1 Å². The number of ether oxygens (including phenoxy) is 2. The Morgan fingerprint density at radius 2 is 1.73 bits per heavy atom. The van der Waals surface area contributed by atoms with Crippen LogP contribution in [0.1, 0.15) is 29.4 Å². The van der Waals surface area contributed by atoms with Gasteiger partial charge in [0.05, 0.1) is 31.7 Å². The van der Waals surface area contributed by atoms with Crippen molar-refractivity contribution in [3.05, 3.63) is 73.6 Å². The minimum absolute atomic E-state index is 0.246. The van der Waals surface area contributed by atoms with Crippen molar-refractivity contribution in [2.75, 3.05) is 20.8 Å². The Morgan fingerprint density at radius 1 is 1.00 bits per heavy atom. The lowest BCUT2D eigenvalue weighted by Crippen LogP contribution is -2.26. The third-order valence-corrected chi connectivity index (χ3v) is 5.99. The lowest BCUT2D eigenvalue weighted by Gasteiger charge is -2.21. The molecule has 2 aromatic carbocycles. The molecule has 8 heteroatoms. The van der Waals surface area contributed by atoms with Crippen molar-refractivity contribution in [1.29, 1.82) is 0 Å². The van der Waals surface area contributed by atoms with Crippen molar-refractivity contribution < 1.29 is 13.9 Å². The summed E-state index contributed by atoms with van der Waals surface area (Å²) in [5, 5.41) is 1.34. The number of hydrogen-bond acceptors (Lipinski definition) is 7. The van der Waals surface area contributed by atoms with E-state index in [-0.39, 0.29) is 11.2 Å². The van der Waals surface area contributed by atoms with Gasteiger partial charge in [0.2, 0.25) is 0 Å². The van der Waals surface area contributed by atoms with Crippen LogP contribution in [-0.4, -0.2) is 35.6 Å². The Kier molecular flexibility index (Phi) is 6.20. The number of aryl methyl sites for hydroxylation is 2. The van der Waals surface area contributed by atoms with Crippen LogP contribution in [0.25, 0.3) is 21.9 Å². The minimum atomic E-state index is -0.375. The van der Waals surface area contributed by atoms with E-state index in [1.165, 1.54) is 13.2 Å². The number of nitrogens with one attached hydrogen (secondary N) is 1. The highest BCUT2D eigenvalue weighted by Crippen LogP contribution is 2.30. The molecular weight excluding hydrogens is 422 g/mol. The quantitative estimate of drug-likeness (QED) is 0.430. The maximum absolute atomic E-state index is 12.7. The zero-order valence-electron chi connectivity index (χ0n) is 19.4. The molecule has 4 aromatic rings. The number of benzene rings is 2. The van der Waals surface area contributed by atoms with Gasteiger partial charge in [0, 0.05) is 24.1 Å². The van der Waals surface area contributed by atoms with Gasteiger partial charge in [-0.25, -0.2) is 9.78 Å². The molecule has 0 aliphatic rings. The molecule has 0 atom stereocenters. The summed E-state index contributed by atoms with van der Waals surface area (Å²) >= 11 is 0. The van der Waals surface area contributed by atoms with E-state index >= 15 is 0 Å². The first kappa shape index (κ1) is 22.5. The molecule has 0 saturated carbocycles. The lowest BCUT2D eigenvalue weighted by molar-refractivity contribution is 0.265. The van der Waals surface area contributed by atoms with Gasteiger partial charge in [-0.3, -0.25) is 9.69 Å². The SMILES string of the molecule is CCN(Cc1nc2cc(OC)c(OC)cc2c(=O)[nH]1)Cc1cc(=O)oc2c(C)c(C)ccc12. The Hall–Kier alpha value is -3.65. The highest BCUT2D eigenvalue weighted by molar-refractivity contribution is 5.84. The second kappa shape index (κ2) is 9.07. The van der Waals surface area contributed by atoms with E-state index in [0.717, 1.165) is 22.1 Å². The molecule has 0 amide bonds. The van der Waals surface area contributed by atoms with Crippen LogP contribution >= 0.6 is 0 Å². The average Bonchev–Trinajstić information content (AvgIpc) is 2.80. The summed E-state index contributed by atoms with van der Waals surface area (Å²) in [6.45, 7) is 7.58. The number of hydrogen-bond donors (Lipinski definition) is 1. The van der Waals surface area contributed by atoms with Crippen LogP contribution in [0.4, 0.5) is 0 Å². The zero-order valence-corrected chi connectivity index (χ0v) is 19.4. The van der Waals surface area contributed by atoms with Crippen molar-refractivity contribution >= 4 is 21.9 Å². The van der Waals surface area contributed by atoms with Crippen molar-refractivity contribution in [1.82, 2.24) is 14.9 Å². The van der Waals surface area contributed by atoms with Gasteiger partial charge < -0.3 is 18.9 Å². The molecule has 2 heterocycles. The van der Waals surface area contributed by atoms with Gasteiger partial charge in [-0.1, -0.05) is 19.1 Å². The minimum Gasteiger partial charge on any atom is -0.493 e. The molecule has 33 heavy (non-hydrogen) atoms. The summed E-state index contributed by atoms with van der Waals surface area (Å²) in [5.41, 5.74) is 3.43. The van der Waals surface area contributed by atoms with E-state index in [9.17, 15) is 9.59 Å². The fraction of sp³-hybridized carbons (Fsp3) is 0.320. The largest absolute Gasteiger partial charge is 0.493 e. The first-order valence-corrected chi connectivity index (χ1v) is 10.7. The molecule has 0 bridgehead atoms. The van der Waals surface area contributed by atoms with Crippen LogP contribution in [0.2, 0.25) is 0 Å². The summed E-state index contributed by atoms with van der Waals surface area (Å²) in [5.74, 6) is 1.51. The molecular formula is C25H27N3O5. The fourth-order valence-corrected chi connectivity index (χ4v) is 3.98. The molecule has 0 spiro atoms. The topological polar surface area (TPSA) is 97.7 Å². The maximum atomic E-state index is 12.7. The van der Waals surface area contributed by atoms with Crippen LogP contribution in [0.3, 0.4) is 0 Å². The normalized spacial score (nSPS) is 11.5. The summed E-state index contributed by atoms with van der Waals surface area (Å²) in [6.07, 6.45) is 0. The van der Waals surface area contributed by atoms with Crippen LogP contribution < -0.4 is 20.7 Å². The van der Waals surface area contributed by atoms with Gasteiger partial charge in [0.1, 0.15) is 11.4 Å². The smallest absolute Gasteiger partial charge is 0.336 e. The molecule has 0 aliphatic heterocycles. The second-order valence-corrected chi connectivity index (χ2v) is 8.02. The van der Waals surface area contributed by atoms with Gasteiger partial charge >= 0.3 is 5.63 Å². The number of rotatable bonds is 7. The molecule has 4 rings (SSSR count). The van der Waals surface area contributed by atoms with Gasteiger partial charge in [-0.2, -0.15) is 0 Å². The average molecular weight is 450 g/mol. The van der Waals surface area contributed by atoms with Gasteiger partial charge in [0.25, 0.3) is 5.56 Å². The van der Waals surface area contributed by atoms with Gasteiger partial charge in [0.15, 0.2) is 11.5 Å². The predicted molar refractivity (Wildman–Crippen MR) is 127 cm³/mol. The maximum Gasteiger partial charge on any atom is 0.336 e. The molecule has 1 N–H and O–H groups in total. The van der Waals surface area contributed by atoms with Crippen molar-refractivity contribution in [2.24, 2.45) is 0 Å². The first-order valence-electron chi connectivity index (χ1n) is 10.7. The summed E-state index contributed by atoms with van der Waals surface area (Å²) < 4.78 is 16.1. The summed E-state index contributed by atoms with van der Waals surface area (Å²) in [4.78, 5) is 34.6. The van der Waals surface area contributed by atoms with Crippen molar-refractivity contribution in [2.45, 2.75) is 33.9 Å². The van der Waals surface area contributed by atoms with Crippen LogP contribution in [0, 0.1) is 13.8 Å². The third kappa shape index (κ3) is 4.34. The third-order valence-electron chi connectivity index (χ3n) is 5.99. The fourth-order valence-electron chi connectivity index (χ4n) is 3.98. The van der Waals surface area contributed by atoms with E-state index in [0.29, 0.717) is 53.4 Å². The number of methoxy groups -OCH3 is 2. The molecule has 0 fully saturated rings. The molecule has 0 saturated heterocycles. The Morgan fingerprint density at radius 3 is 2.42 bits per heavy atom. The highest BCUT2D eigenvalue weighted by Gasteiger charge is 2.15. The number of H-pyrrole nitrogens is 1. The molecule has 2 aromatic heterocycles. The zero-order chi connectivity index (χ0) is 23.7. The number of aromatic nitrogens is 2.